The fraction of sp³-hybridized carbons (Fsp3) is 0.519. The van der Waals surface area contributed by atoms with Gasteiger partial charge in [0.15, 0.2) is 0 Å². The van der Waals surface area contributed by atoms with Crippen molar-refractivity contribution in [2.45, 2.75) is 84.5 Å². The van der Waals surface area contributed by atoms with Crippen molar-refractivity contribution in [2.24, 2.45) is 5.92 Å². The number of hydrogen-bond acceptors (Lipinski definition) is 2. The fourth-order valence-electron chi connectivity index (χ4n) is 4.27. The van der Waals surface area contributed by atoms with Gasteiger partial charge in [0.1, 0.15) is 5.75 Å². The summed E-state index contributed by atoms with van der Waals surface area (Å²) in [4.78, 5) is 12.0. The molecule has 0 saturated carbocycles. The standard InChI is InChI=1S/C27H36O2/c1-3-5-7-8-10-27(28)29-26-18-17-24-19-23(15-16-25(24)20-26)22-13-11-21(12-14-22)9-6-4-2/h13,15-21H,3-12,14H2,1-2H3. The summed E-state index contributed by atoms with van der Waals surface area (Å²) in [5.74, 6) is 1.40. The molecule has 0 heterocycles. The summed E-state index contributed by atoms with van der Waals surface area (Å²) in [7, 11) is 0. The summed E-state index contributed by atoms with van der Waals surface area (Å²) in [5, 5.41) is 2.33. The van der Waals surface area contributed by atoms with Gasteiger partial charge in [-0.2, -0.15) is 0 Å². The van der Waals surface area contributed by atoms with Crippen LogP contribution in [0.15, 0.2) is 42.5 Å². The van der Waals surface area contributed by atoms with E-state index in [1.165, 1.54) is 67.9 Å². The molecule has 29 heavy (non-hydrogen) atoms. The lowest BCUT2D eigenvalue weighted by Gasteiger charge is -2.22. The van der Waals surface area contributed by atoms with Crippen molar-refractivity contribution in [3.05, 3.63) is 48.0 Å². The molecular weight excluding hydrogens is 356 g/mol. The highest BCUT2D eigenvalue weighted by Gasteiger charge is 2.15. The monoisotopic (exact) mass is 392 g/mol. The molecule has 0 N–H and O–H groups in total. The van der Waals surface area contributed by atoms with Gasteiger partial charge in [-0.1, -0.05) is 76.6 Å². The Morgan fingerprint density at radius 2 is 1.76 bits per heavy atom. The Balaban J connectivity index is 1.61. The van der Waals surface area contributed by atoms with Crippen molar-refractivity contribution in [1.82, 2.24) is 0 Å². The number of carbonyl (C=O) groups is 1. The SMILES string of the molecule is CCCCCCC(=O)Oc1ccc2cc(C3=CCC(CCCC)CC3)ccc2c1. The van der Waals surface area contributed by atoms with Gasteiger partial charge in [0, 0.05) is 6.42 Å². The molecule has 0 bridgehead atoms. The third-order valence-electron chi connectivity index (χ3n) is 6.13. The van der Waals surface area contributed by atoms with Crippen LogP contribution in [0.3, 0.4) is 0 Å². The van der Waals surface area contributed by atoms with Crippen molar-refractivity contribution in [2.75, 3.05) is 0 Å². The second-order valence-corrected chi connectivity index (χ2v) is 8.52. The zero-order valence-electron chi connectivity index (χ0n) is 18.2. The van der Waals surface area contributed by atoms with E-state index < -0.39 is 0 Å². The van der Waals surface area contributed by atoms with E-state index in [1.54, 1.807) is 0 Å². The molecule has 156 valence electrons. The maximum Gasteiger partial charge on any atom is 0.311 e. The van der Waals surface area contributed by atoms with Crippen LogP contribution in [-0.4, -0.2) is 5.97 Å². The molecule has 1 atom stereocenters. The quantitative estimate of drug-likeness (QED) is 0.232. The van der Waals surface area contributed by atoms with Gasteiger partial charge in [0.05, 0.1) is 0 Å². The second kappa shape index (κ2) is 11.2. The Morgan fingerprint density at radius 1 is 0.966 bits per heavy atom. The predicted octanol–water partition coefficient (Wildman–Crippen LogP) is 8.09. The van der Waals surface area contributed by atoms with E-state index in [-0.39, 0.29) is 5.97 Å². The van der Waals surface area contributed by atoms with E-state index in [9.17, 15) is 4.79 Å². The van der Waals surface area contributed by atoms with E-state index in [1.807, 2.05) is 12.1 Å². The normalized spacial score (nSPS) is 16.6. The fourth-order valence-corrected chi connectivity index (χ4v) is 4.27. The summed E-state index contributed by atoms with van der Waals surface area (Å²) in [6.45, 7) is 4.45. The van der Waals surface area contributed by atoms with Crippen molar-refractivity contribution < 1.29 is 9.53 Å². The van der Waals surface area contributed by atoms with Crippen LogP contribution in [0.25, 0.3) is 16.3 Å². The first-order chi connectivity index (χ1) is 14.2. The van der Waals surface area contributed by atoms with Crippen LogP contribution in [0.2, 0.25) is 0 Å². The molecule has 0 radical (unpaired) electrons. The van der Waals surface area contributed by atoms with Gasteiger partial charge < -0.3 is 4.74 Å². The number of carbonyl (C=O) groups excluding carboxylic acids is 1. The largest absolute Gasteiger partial charge is 0.427 e. The Morgan fingerprint density at radius 3 is 2.52 bits per heavy atom. The van der Waals surface area contributed by atoms with Crippen molar-refractivity contribution >= 4 is 22.3 Å². The molecule has 2 nitrogen and oxygen atoms in total. The minimum absolute atomic E-state index is 0.123. The molecule has 2 heteroatoms. The zero-order valence-corrected chi connectivity index (χ0v) is 18.2. The third kappa shape index (κ3) is 6.45. The van der Waals surface area contributed by atoms with Crippen molar-refractivity contribution in [3.8, 4) is 5.75 Å². The van der Waals surface area contributed by atoms with Crippen molar-refractivity contribution in [1.29, 1.82) is 0 Å². The van der Waals surface area contributed by atoms with E-state index in [4.69, 9.17) is 4.74 Å². The van der Waals surface area contributed by atoms with E-state index in [0.717, 1.165) is 24.1 Å². The Labute approximate surface area is 176 Å². The van der Waals surface area contributed by atoms with Crippen LogP contribution < -0.4 is 4.74 Å². The molecule has 1 unspecified atom stereocenters. The van der Waals surface area contributed by atoms with Gasteiger partial charge in [-0.25, -0.2) is 0 Å². The number of benzene rings is 2. The highest BCUT2D eigenvalue weighted by molar-refractivity contribution is 5.88. The van der Waals surface area contributed by atoms with Gasteiger partial charge in [0.25, 0.3) is 0 Å². The molecule has 0 aliphatic heterocycles. The average molecular weight is 393 g/mol. The molecule has 2 aromatic rings. The van der Waals surface area contributed by atoms with Gasteiger partial charge >= 0.3 is 5.97 Å². The molecule has 2 aromatic carbocycles. The summed E-state index contributed by atoms with van der Waals surface area (Å²) >= 11 is 0. The molecule has 0 fully saturated rings. The smallest absolute Gasteiger partial charge is 0.311 e. The molecule has 3 rings (SSSR count). The van der Waals surface area contributed by atoms with Crippen LogP contribution in [0.5, 0.6) is 5.75 Å². The molecule has 0 aromatic heterocycles. The molecule has 0 spiro atoms. The highest BCUT2D eigenvalue weighted by Crippen LogP contribution is 2.34. The number of allylic oxidation sites excluding steroid dienone is 2. The topological polar surface area (TPSA) is 26.3 Å². The van der Waals surface area contributed by atoms with Crippen LogP contribution in [0, 0.1) is 5.92 Å². The summed E-state index contributed by atoms with van der Waals surface area (Å²) in [6.07, 6.45) is 15.1. The van der Waals surface area contributed by atoms with E-state index in [2.05, 4.69) is 44.2 Å². The number of unbranched alkanes of at least 4 members (excludes halogenated alkanes) is 4. The number of hydrogen-bond donors (Lipinski definition) is 0. The molecule has 1 aliphatic carbocycles. The Hall–Kier alpha value is -2.09. The molecule has 0 amide bonds. The third-order valence-corrected chi connectivity index (χ3v) is 6.13. The van der Waals surface area contributed by atoms with E-state index in [0.29, 0.717) is 12.2 Å². The molecule has 0 saturated heterocycles. The Bertz CT molecular complexity index is 834. The Kier molecular flexibility index (Phi) is 8.34. The highest BCUT2D eigenvalue weighted by atomic mass is 16.5. The first-order valence-electron chi connectivity index (χ1n) is 11.6. The lowest BCUT2D eigenvalue weighted by molar-refractivity contribution is -0.134. The molecule has 1 aliphatic rings. The number of rotatable bonds is 10. The number of ether oxygens (including phenoxy) is 1. The second-order valence-electron chi connectivity index (χ2n) is 8.52. The predicted molar refractivity (Wildman–Crippen MR) is 123 cm³/mol. The van der Waals surface area contributed by atoms with E-state index >= 15 is 0 Å². The maximum absolute atomic E-state index is 12.0. The average Bonchev–Trinajstić information content (AvgIpc) is 2.75. The van der Waals surface area contributed by atoms with Crippen LogP contribution >= 0.6 is 0 Å². The van der Waals surface area contributed by atoms with Gasteiger partial charge in [-0.3, -0.25) is 4.79 Å². The number of fused-ring (bicyclic) bond motifs is 1. The minimum Gasteiger partial charge on any atom is -0.427 e. The van der Waals surface area contributed by atoms with Gasteiger partial charge in [0.2, 0.25) is 0 Å². The lowest BCUT2D eigenvalue weighted by atomic mass is 9.84. The van der Waals surface area contributed by atoms with Gasteiger partial charge in [-0.05, 0) is 71.7 Å². The van der Waals surface area contributed by atoms with Gasteiger partial charge in [-0.15, -0.1) is 0 Å². The first-order valence-corrected chi connectivity index (χ1v) is 11.6. The lowest BCUT2D eigenvalue weighted by Crippen LogP contribution is -2.07. The maximum atomic E-state index is 12.0. The summed E-state index contributed by atoms with van der Waals surface area (Å²) < 4.78 is 5.54. The van der Waals surface area contributed by atoms with Crippen molar-refractivity contribution in [3.63, 3.8) is 0 Å². The zero-order chi connectivity index (χ0) is 20.5. The summed E-state index contributed by atoms with van der Waals surface area (Å²) in [5.41, 5.74) is 2.83. The van der Waals surface area contributed by atoms with Crippen LogP contribution in [0.1, 0.15) is 90.0 Å². The minimum atomic E-state index is -0.123. The molecular formula is C27H36O2. The summed E-state index contributed by atoms with van der Waals surface area (Å²) in [6, 6.07) is 12.6. The number of esters is 1. The first kappa shape index (κ1) is 21.6. The van der Waals surface area contributed by atoms with Crippen LogP contribution in [-0.2, 0) is 4.79 Å². The van der Waals surface area contributed by atoms with Crippen LogP contribution in [0.4, 0.5) is 0 Å².